The highest BCUT2D eigenvalue weighted by atomic mass is 35.5. The molecule has 1 aromatic carbocycles. The van der Waals surface area contributed by atoms with E-state index in [-0.39, 0.29) is 21.0 Å². The third kappa shape index (κ3) is 4.49. The Bertz CT molecular complexity index is 519. The first-order valence-corrected chi connectivity index (χ1v) is 7.50. The van der Waals surface area contributed by atoms with E-state index >= 15 is 0 Å². The number of benzene rings is 1. The van der Waals surface area contributed by atoms with E-state index in [9.17, 15) is 14.0 Å². The number of aromatic carboxylic acids is 1. The highest BCUT2D eigenvalue weighted by Gasteiger charge is 2.19. The number of hydrogen-bond acceptors (Lipinski definition) is 3. The standard InChI is InChI=1S/C14H16ClFO3S/c1-3-4-5-8(2)14(19)20-12-6-9(13(17)18)11(16)7-10(12)15/h6-8H,3-5H2,1-2H3,(H,17,18). The molecule has 0 amide bonds. The smallest absolute Gasteiger partial charge is 0.338 e. The summed E-state index contributed by atoms with van der Waals surface area (Å²) in [5.41, 5.74) is -0.481. The van der Waals surface area contributed by atoms with E-state index in [1.807, 2.05) is 13.8 Å². The summed E-state index contributed by atoms with van der Waals surface area (Å²) in [5.74, 6) is -2.43. The Kier molecular flexibility index (Phi) is 6.49. The Balaban J connectivity index is 2.89. The maximum atomic E-state index is 13.4. The van der Waals surface area contributed by atoms with Crippen LogP contribution in [-0.4, -0.2) is 16.2 Å². The van der Waals surface area contributed by atoms with Gasteiger partial charge in [-0.15, -0.1) is 0 Å². The van der Waals surface area contributed by atoms with Crippen molar-refractivity contribution < 1.29 is 19.1 Å². The molecule has 0 aliphatic carbocycles. The van der Waals surface area contributed by atoms with Gasteiger partial charge < -0.3 is 5.11 Å². The fraction of sp³-hybridized carbons (Fsp3) is 0.429. The molecule has 3 nitrogen and oxygen atoms in total. The second kappa shape index (κ2) is 7.64. The molecule has 0 saturated carbocycles. The Morgan fingerprint density at radius 1 is 1.45 bits per heavy atom. The molecule has 0 saturated heterocycles. The van der Waals surface area contributed by atoms with Crippen LogP contribution < -0.4 is 0 Å². The molecule has 1 N–H and O–H groups in total. The fourth-order valence-corrected chi connectivity index (χ4v) is 2.74. The molecule has 110 valence electrons. The highest BCUT2D eigenvalue weighted by molar-refractivity contribution is 8.13. The van der Waals surface area contributed by atoms with Crippen LogP contribution in [0.1, 0.15) is 43.5 Å². The van der Waals surface area contributed by atoms with E-state index in [1.54, 1.807) is 0 Å². The molecule has 1 atom stereocenters. The fourth-order valence-electron chi connectivity index (χ4n) is 1.61. The van der Waals surface area contributed by atoms with E-state index in [0.29, 0.717) is 0 Å². The highest BCUT2D eigenvalue weighted by Crippen LogP contribution is 2.32. The molecule has 0 aliphatic rings. The van der Waals surface area contributed by atoms with Gasteiger partial charge in [-0.2, -0.15) is 0 Å². The first-order valence-electron chi connectivity index (χ1n) is 6.30. The van der Waals surface area contributed by atoms with Gasteiger partial charge >= 0.3 is 5.97 Å². The lowest BCUT2D eigenvalue weighted by Gasteiger charge is -2.10. The largest absolute Gasteiger partial charge is 0.478 e. The number of unbranched alkanes of at least 4 members (excludes halogenated alkanes) is 1. The van der Waals surface area contributed by atoms with Gasteiger partial charge in [-0.25, -0.2) is 9.18 Å². The third-order valence-electron chi connectivity index (χ3n) is 2.86. The summed E-state index contributed by atoms with van der Waals surface area (Å²) in [5, 5.41) is 8.82. The van der Waals surface area contributed by atoms with Gasteiger partial charge in [0.2, 0.25) is 0 Å². The van der Waals surface area contributed by atoms with Crippen LogP contribution in [0.25, 0.3) is 0 Å². The zero-order valence-electron chi connectivity index (χ0n) is 11.3. The van der Waals surface area contributed by atoms with Gasteiger partial charge in [0.15, 0.2) is 5.12 Å². The SMILES string of the molecule is CCCCC(C)C(=O)Sc1cc(C(=O)O)c(F)cc1Cl. The van der Waals surface area contributed by atoms with Crippen molar-refractivity contribution in [2.45, 2.75) is 38.0 Å². The number of thioether (sulfide) groups is 1. The Morgan fingerprint density at radius 3 is 2.65 bits per heavy atom. The lowest BCUT2D eigenvalue weighted by atomic mass is 10.1. The van der Waals surface area contributed by atoms with Crippen LogP contribution in [0.2, 0.25) is 5.02 Å². The minimum atomic E-state index is -1.38. The van der Waals surface area contributed by atoms with E-state index < -0.39 is 17.3 Å². The number of carbonyl (C=O) groups is 2. The number of carboxylic acids is 1. The molecule has 0 aliphatic heterocycles. The lowest BCUT2D eigenvalue weighted by Crippen LogP contribution is -2.07. The average molecular weight is 319 g/mol. The molecule has 0 bridgehead atoms. The van der Waals surface area contributed by atoms with Crippen molar-refractivity contribution in [3.8, 4) is 0 Å². The molecule has 0 fully saturated rings. The third-order valence-corrected chi connectivity index (χ3v) is 4.44. The Morgan fingerprint density at radius 2 is 2.10 bits per heavy atom. The van der Waals surface area contributed by atoms with Gasteiger partial charge in [-0.1, -0.05) is 50.1 Å². The normalized spacial score (nSPS) is 12.2. The van der Waals surface area contributed by atoms with Gasteiger partial charge in [0.25, 0.3) is 0 Å². The van der Waals surface area contributed by atoms with Crippen LogP contribution in [0, 0.1) is 11.7 Å². The van der Waals surface area contributed by atoms with Crippen molar-refractivity contribution in [2.75, 3.05) is 0 Å². The van der Waals surface area contributed by atoms with Gasteiger partial charge in [0.1, 0.15) is 5.82 Å². The van der Waals surface area contributed by atoms with Crippen molar-refractivity contribution in [3.63, 3.8) is 0 Å². The van der Waals surface area contributed by atoms with Crippen molar-refractivity contribution >= 4 is 34.4 Å². The van der Waals surface area contributed by atoms with Crippen LogP contribution in [0.15, 0.2) is 17.0 Å². The van der Waals surface area contributed by atoms with Crippen LogP contribution >= 0.6 is 23.4 Å². The summed E-state index contributed by atoms with van der Waals surface area (Å²) in [6.45, 7) is 3.86. The maximum absolute atomic E-state index is 13.4. The molecule has 6 heteroatoms. The number of halogens is 2. The van der Waals surface area contributed by atoms with Crippen molar-refractivity contribution in [1.82, 2.24) is 0 Å². The van der Waals surface area contributed by atoms with Gasteiger partial charge in [0.05, 0.1) is 10.6 Å². The van der Waals surface area contributed by atoms with Gasteiger partial charge in [-0.05, 0) is 18.6 Å². The van der Waals surface area contributed by atoms with E-state index in [0.717, 1.165) is 43.2 Å². The molecular weight excluding hydrogens is 303 g/mol. The van der Waals surface area contributed by atoms with Crippen LogP contribution in [0.5, 0.6) is 0 Å². The summed E-state index contributed by atoms with van der Waals surface area (Å²) >= 11 is 6.72. The maximum Gasteiger partial charge on any atom is 0.338 e. The Hall–Kier alpha value is -1.07. The molecule has 1 rings (SSSR count). The molecule has 20 heavy (non-hydrogen) atoms. The summed E-state index contributed by atoms with van der Waals surface area (Å²) in [4.78, 5) is 23.1. The minimum absolute atomic E-state index is 0.0496. The van der Waals surface area contributed by atoms with Crippen LogP contribution in [-0.2, 0) is 4.79 Å². The van der Waals surface area contributed by atoms with Crippen molar-refractivity contribution in [1.29, 1.82) is 0 Å². The molecule has 0 radical (unpaired) electrons. The summed E-state index contributed by atoms with van der Waals surface area (Å²) in [6, 6.07) is 2.03. The molecule has 0 aromatic heterocycles. The van der Waals surface area contributed by atoms with Gasteiger partial charge in [0, 0.05) is 10.8 Å². The number of carbonyl (C=O) groups excluding carboxylic acids is 1. The number of hydrogen-bond donors (Lipinski definition) is 1. The van der Waals surface area contributed by atoms with E-state index in [2.05, 4.69) is 0 Å². The summed E-state index contributed by atoms with van der Waals surface area (Å²) in [6.07, 6.45) is 2.72. The second-order valence-electron chi connectivity index (χ2n) is 4.53. The average Bonchev–Trinajstić information content (AvgIpc) is 2.38. The van der Waals surface area contributed by atoms with Gasteiger partial charge in [-0.3, -0.25) is 4.79 Å². The molecule has 1 unspecified atom stereocenters. The zero-order valence-corrected chi connectivity index (χ0v) is 12.9. The molecule has 0 heterocycles. The van der Waals surface area contributed by atoms with Crippen LogP contribution in [0.3, 0.4) is 0 Å². The second-order valence-corrected chi connectivity index (χ2v) is 5.99. The number of rotatable bonds is 6. The topological polar surface area (TPSA) is 54.4 Å². The molecular formula is C14H16ClFO3S. The quantitative estimate of drug-likeness (QED) is 0.777. The zero-order chi connectivity index (χ0) is 15.3. The van der Waals surface area contributed by atoms with E-state index in [4.69, 9.17) is 16.7 Å². The molecule has 1 aromatic rings. The van der Waals surface area contributed by atoms with Crippen molar-refractivity contribution in [3.05, 3.63) is 28.5 Å². The monoisotopic (exact) mass is 318 g/mol. The van der Waals surface area contributed by atoms with Crippen LogP contribution in [0.4, 0.5) is 4.39 Å². The lowest BCUT2D eigenvalue weighted by molar-refractivity contribution is -0.114. The van der Waals surface area contributed by atoms with Crippen molar-refractivity contribution in [2.24, 2.45) is 5.92 Å². The predicted octanol–water partition coefficient (Wildman–Crippen LogP) is 4.62. The minimum Gasteiger partial charge on any atom is -0.478 e. The number of carboxylic acid groups (broad SMARTS) is 1. The molecule has 0 spiro atoms. The summed E-state index contributed by atoms with van der Waals surface area (Å²) in [7, 11) is 0. The first kappa shape index (κ1) is 17.0. The summed E-state index contributed by atoms with van der Waals surface area (Å²) < 4.78 is 13.4. The van der Waals surface area contributed by atoms with E-state index in [1.165, 1.54) is 0 Å². The Labute approximate surface area is 126 Å². The predicted molar refractivity (Wildman–Crippen MR) is 77.9 cm³/mol. The first-order chi connectivity index (χ1) is 9.36.